The summed E-state index contributed by atoms with van der Waals surface area (Å²) in [5, 5.41) is 3.56. The zero-order valence-corrected chi connectivity index (χ0v) is 22.6. The molecule has 0 radical (unpaired) electrons. The third-order valence-corrected chi connectivity index (χ3v) is 6.19. The third kappa shape index (κ3) is 9.88. The van der Waals surface area contributed by atoms with Gasteiger partial charge >= 0.3 is 6.92 Å². The lowest BCUT2D eigenvalue weighted by atomic mass is 9.58. The maximum absolute atomic E-state index is 6.30. The minimum Gasteiger partial charge on any atom is -0.429 e. The number of nitrogens with one attached hydrogen (secondary N) is 1. The zero-order valence-electron chi connectivity index (χ0n) is 22.6. The molecular weight excluding hydrogens is 419 g/mol. The second kappa shape index (κ2) is 14.2. The fraction of sp³-hybridized carbons (Fsp3) is 0.571. The molecule has 0 saturated carbocycles. The zero-order chi connectivity index (χ0) is 25.8. The van der Waals surface area contributed by atoms with E-state index in [1.54, 1.807) is 0 Å². The summed E-state index contributed by atoms with van der Waals surface area (Å²) >= 11 is 0. The smallest absolute Gasteiger partial charge is 0.313 e. The van der Waals surface area contributed by atoms with Crippen LogP contribution in [0.2, 0.25) is 6.32 Å². The van der Waals surface area contributed by atoms with Crippen LogP contribution in [0.3, 0.4) is 0 Å². The monoisotopic (exact) mass is 466 g/mol. The van der Waals surface area contributed by atoms with Gasteiger partial charge in [0.15, 0.2) is 0 Å². The first-order valence-corrected chi connectivity index (χ1v) is 12.4. The molecule has 3 rings (SSSR count). The van der Waals surface area contributed by atoms with Crippen molar-refractivity contribution >= 4 is 18.8 Å². The third-order valence-electron chi connectivity index (χ3n) is 6.19. The van der Waals surface area contributed by atoms with Crippen LogP contribution in [0.5, 0.6) is 0 Å². The number of nitrogens with two attached hydrogens (primary N) is 1. The number of aliphatic imine (C=N–C) groups is 2. The molecule has 188 valence electrons. The second-order valence-electron chi connectivity index (χ2n) is 10.8. The Hall–Kier alpha value is -2.34. The van der Waals surface area contributed by atoms with Gasteiger partial charge in [0.1, 0.15) is 0 Å². The van der Waals surface area contributed by atoms with Crippen molar-refractivity contribution in [2.45, 2.75) is 66.8 Å². The Morgan fingerprint density at radius 3 is 2.24 bits per heavy atom. The highest BCUT2D eigenvalue weighted by atomic mass is 16.5. The molecule has 1 aromatic carbocycles. The van der Waals surface area contributed by atoms with Crippen molar-refractivity contribution < 1.29 is 4.65 Å². The minimum atomic E-state index is -0.107. The first-order valence-electron chi connectivity index (χ1n) is 12.4. The van der Waals surface area contributed by atoms with E-state index in [-0.39, 0.29) is 23.8 Å². The minimum absolute atomic E-state index is 0.107. The molecule has 2 aliphatic heterocycles. The van der Waals surface area contributed by atoms with Crippen molar-refractivity contribution in [3.8, 4) is 0 Å². The van der Waals surface area contributed by atoms with E-state index in [0.717, 1.165) is 49.6 Å². The van der Waals surface area contributed by atoms with Crippen LogP contribution < -0.4 is 11.1 Å². The number of benzene rings is 1. The quantitative estimate of drug-likeness (QED) is 0.515. The van der Waals surface area contributed by atoms with Gasteiger partial charge in [-0.1, -0.05) is 78.1 Å². The molecule has 5 nitrogen and oxygen atoms in total. The summed E-state index contributed by atoms with van der Waals surface area (Å²) in [6.45, 7) is 24.7. The van der Waals surface area contributed by atoms with Crippen molar-refractivity contribution in [2.75, 3.05) is 19.5 Å². The number of nitrogens with zero attached hydrogens (tertiary/aromatic N) is 2. The van der Waals surface area contributed by atoms with Gasteiger partial charge in [0.05, 0.1) is 24.4 Å². The summed E-state index contributed by atoms with van der Waals surface area (Å²) in [4.78, 5) is 9.14. The summed E-state index contributed by atoms with van der Waals surface area (Å²) in [7, 11) is 0. The Kier molecular flexibility index (Phi) is 12.4. The van der Waals surface area contributed by atoms with Crippen LogP contribution in [0.25, 0.3) is 0 Å². The van der Waals surface area contributed by atoms with E-state index in [1.165, 1.54) is 11.8 Å². The van der Waals surface area contributed by atoms with Gasteiger partial charge in [-0.2, -0.15) is 0 Å². The van der Waals surface area contributed by atoms with Gasteiger partial charge < -0.3 is 15.7 Å². The largest absolute Gasteiger partial charge is 0.429 e. The van der Waals surface area contributed by atoms with Gasteiger partial charge in [-0.15, -0.1) is 0 Å². The molecule has 1 saturated heterocycles. The molecule has 0 bridgehead atoms. The molecule has 34 heavy (non-hydrogen) atoms. The van der Waals surface area contributed by atoms with Gasteiger partial charge in [0.2, 0.25) is 0 Å². The van der Waals surface area contributed by atoms with Crippen LogP contribution in [0.1, 0.15) is 54.0 Å². The first-order chi connectivity index (χ1) is 15.9. The topological polar surface area (TPSA) is 72.0 Å². The molecule has 1 unspecified atom stereocenters. The highest BCUT2D eigenvalue weighted by molar-refractivity contribution is 6.53. The normalized spacial score (nSPS) is 18.6. The molecule has 0 aliphatic carbocycles. The standard InChI is InChI=1S/C22H32BN3O.C4H10.C2H5N/c1-17(26-16-23-15-21(2,3)22(4,5)27-23)19(20-14-24-11-12-25-20)13-18-9-7-6-8-10-18;1-4(2)3;1-2-3/h6-10,14,19,26H,1,11-13,15-16H2,2-5H3;4H,1-3H3;2H,1,3H2. The average molecular weight is 467 g/mol. The van der Waals surface area contributed by atoms with Crippen LogP contribution in [0.15, 0.2) is 65.4 Å². The Balaban J connectivity index is 0.000000732. The van der Waals surface area contributed by atoms with Crippen molar-refractivity contribution in [1.29, 1.82) is 0 Å². The maximum Gasteiger partial charge on any atom is 0.313 e. The van der Waals surface area contributed by atoms with E-state index >= 15 is 0 Å². The van der Waals surface area contributed by atoms with E-state index < -0.39 is 0 Å². The van der Waals surface area contributed by atoms with Crippen molar-refractivity contribution in [1.82, 2.24) is 5.32 Å². The number of rotatable bonds is 7. The molecule has 1 atom stereocenters. The molecule has 1 aromatic rings. The Bertz CT molecular complexity index is 796. The van der Waals surface area contributed by atoms with E-state index in [4.69, 9.17) is 9.65 Å². The summed E-state index contributed by atoms with van der Waals surface area (Å²) < 4.78 is 6.30. The summed E-state index contributed by atoms with van der Waals surface area (Å²) in [5.74, 6) is 0.957. The van der Waals surface area contributed by atoms with Crippen LogP contribution in [0, 0.1) is 17.3 Å². The maximum atomic E-state index is 6.30. The Morgan fingerprint density at radius 1 is 1.18 bits per heavy atom. The Labute approximate surface area is 209 Å². The molecule has 6 heteroatoms. The molecule has 2 aliphatic rings. The van der Waals surface area contributed by atoms with Gasteiger partial charge in [0, 0.05) is 24.3 Å². The van der Waals surface area contributed by atoms with Crippen molar-refractivity contribution in [3.63, 3.8) is 0 Å². The van der Waals surface area contributed by atoms with Gasteiger partial charge in [-0.3, -0.25) is 9.98 Å². The van der Waals surface area contributed by atoms with Crippen LogP contribution in [0.4, 0.5) is 0 Å². The van der Waals surface area contributed by atoms with Gasteiger partial charge in [0.25, 0.3) is 0 Å². The highest BCUT2D eigenvalue weighted by Gasteiger charge is 2.49. The summed E-state index contributed by atoms with van der Waals surface area (Å²) in [6, 6.07) is 10.5. The van der Waals surface area contributed by atoms with Gasteiger partial charge in [-0.05, 0) is 49.7 Å². The van der Waals surface area contributed by atoms with Crippen molar-refractivity contribution in [2.24, 2.45) is 33.0 Å². The lowest BCUT2D eigenvalue weighted by molar-refractivity contribution is 0.0361. The Morgan fingerprint density at radius 2 is 1.76 bits per heavy atom. The predicted octanol–water partition coefficient (Wildman–Crippen LogP) is 5.59. The second-order valence-corrected chi connectivity index (χ2v) is 10.8. The highest BCUT2D eigenvalue weighted by Crippen LogP contribution is 2.45. The number of hydrogen-bond acceptors (Lipinski definition) is 5. The SMILES string of the molecule is C=C(NCB1CC(C)(C)C(C)(C)O1)C(Cc1ccccc1)C1=NCCN=C1.C=CN.CC(C)C. The lowest BCUT2D eigenvalue weighted by Crippen LogP contribution is -2.37. The number of allylic oxidation sites excluding steroid dienone is 1. The van der Waals surface area contributed by atoms with Gasteiger partial charge in [-0.25, -0.2) is 0 Å². The number of hydrogen-bond donors (Lipinski definition) is 2. The predicted molar refractivity (Wildman–Crippen MR) is 151 cm³/mol. The van der Waals surface area contributed by atoms with E-state index in [2.05, 4.69) is 102 Å². The van der Waals surface area contributed by atoms with Crippen LogP contribution in [-0.4, -0.2) is 44.0 Å². The van der Waals surface area contributed by atoms with Crippen LogP contribution in [-0.2, 0) is 11.1 Å². The first kappa shape index (κ1) is 29.7. The fourth-order valence-corrected chi connectivity index (χ4v) is 3.81. The van der Waals surface area contributed by atoms with E-state index in [0.29, 0.717) is 0 Å². The van der Waals surface area contributed by atoms with Crippen LogP contribution >= 0.6 is 0 Å². The van der Waals surface area contributed by atoms with Crippen molar-refractivity contribution in [3.05, 3.63) is 61.0 Å². The molecule has 1 fully saturated rings. The molecule has 3 N–H and O–H groups in total. The lowest BCUT2D eigenvalue weighted by Gasteiger charge is -2.34. The molecular formula is C28H47BN4O. The molecule has 0 amide bonds. The fourth-order valence-electron chi connectivity index (χ4n) is 3.81. The van der Waals surface area contributed by atoms with E-state index in [9.17, 15) is 0 Å². The van der Waals surface area contributed by atoms with E-state index in [1.807, 2.05) is 12.3 Å². The summed E-state index contributed by atoms with van der Waals surface area (Å²) in [5.41, 5.74) is 7.98. The average Bonchev–Trinajstić information content (AvgIpc) is 2.98. The molecule has 0 spiro atoms. The summed E-state index contributed by atoms with van der Waals surface area (Å²) in [6.07, 6.45) is 5.87. The molecule has 0 aromatic heterocycles. The molecule has 2 heterocycles.